The van der Waals surface area contributed by atoms with Gasteiger partial charge in [-0.15, -0.1) is 0 Å². The number of benzene rings is 2. The zero-order chi connectivity index (χ0) is 25.7. The topological polar surface area (TPSA) is 93.3 Å². The van der Waals surface area contributed by atoms with Gasteiger partial charge in [-0.2, -0.15) is 0 Å². The van der Waals surface area contributed by atoms with Crippen molar-refractivity contribution >= 4 is 11.9 Å². The van der Waals surface area contributed by atoms with Gasteiger partial charge in [0, 0.05) is 35.3 Å². The number of nitrogens with one attached hydrogen (secondary N) is 2. The van der Waals surface area contributed by atoms with Crippen LogP contribution in [0.15, 0.2) is 83.3 Å². The van der Waals surface area contributed by atoms with Crippen LogP contribution in [0.5, 0.6) is 0 Å². The second-order valence-electron chi connectivity index (χ2n) is 8.78. The molecular weight excluding hydrogens is 454 g/mol. The smallest absolute Gasteiger partial charge is 0.336 e. The number of H-pyrrole nitrogens is 1. The molecule has 7 nitrogen and oxygen atoms in total. The van der Waals surface area contributed by atoms with Gasteiger partial charge in [-0.05, 0) is 33.3 Å². The van der Waals surface area contributed by atoms with Crippen molar-refractivity contribution in [2.24, 2.45) is 0 Å². The van der Waals surface area contributed by atoms with Crippen molar-refractivity contribution in [3.8, 4) is 11.4 Å². The van der Waals surface area contributed by atoms with Gasteiger partial charge >= 0.3 is 11.9 Å². The van der Waals surface area contributed by atoms with Crippen molar-refractivity contribution in [2.75, 3.05) is 13.2 Å². The first-order chi connectivity index (χ1) is 17.4. The molecule has 0 fully saturated rings. The summed E-state index contributed by atoms with van der Waals surface area (Å²) in [7, 11) is 0. The van der Waals surface area contributed by atoms with Crippen molar-refractivity contribution in [3.05, 3.63) is 100 Å². The number of hydrogen-bond donors (Lipinski definition) is 2. The van der Waals surface area contributed by atoms with Crippen molar-refractivity contribution in [1.29, 1.82) is 0 Å². The van der Waals surface area contributed by atoms with E-state index in [4.69, 9.17) is 9.47 Å². The van der Waals surface area contributed by atoms with E-state index in [1.165, 1.54) is 5.56 Å². The number of carbonyl (C=O) groups is 2. The average Bonchev–Trinajstić information content (AvgIpc) is 3.35. The fourth-order valence-corrected chi connectivity index (χ4v) is 4.37. The molecule has 0 saturated carbocycles. The normalized spacial score (nSPS) is 15.5. The van der Waals surface area contributed by atoms with Crippen LogP contribution >= 0.6 is 0 Å². The van der Waals surface area contributed by atoms with E-state index in [1.807, 2.05) is 68.4 Å². The van der Waals surface area contributed by atoms with E-state index in [9.17, 15) is 9.59 Å². The van der Waals surface area contributed by atoms with Crippen LogP contribution < -0.4 is 5.32 Å². The predicted octanol–water partition coefficient (Wildman–Crippen LogP) is 4.97. The number of nitrogens with zero attached hydrogens (tertiary/aromatic N) is 1. The number of imidazole rings is 1. The Balaban J connectivity index is 1.65. The van der Waals surface area contributed by atoms with Crippen molar-refractivity contribution in [1.82, 2.24) is 15.3 Å². The molecular formula is C29H31N3O4. The van der Waals surface area contributed by atoms with Crippen LogP contribution in [0.1, 0.15) is 43.5 Å². The van der Waals surface area contributed by atoms with Gasteiger partial charge in [-0.1, -0.05) is 60.2 Å². The molecule has 1 aliphatic heterocycles. The number of carbonyl (C=O) groups excluding carboxylic acids is 2. The molecule has 1 atom stereocenters. The minimum Gasteiger partial charge on any atom is -0.463 e. The quantitative estimate of drug-likeness (QED) is 0.438. The molecule has 186 valence electrons. The molecule has 7 heteroatoms. The Bertz CT molecular complexity index is 1300. The highest BCUT2D eigenvalue weighted by Crippen LogP contribution is 2.39. The molecule has 0 amide bonds. The summed E-state index contributed by atoms with van der Waals surface area (Å²) in [5, 5.41) is 3.18. The largest absolute Gasteiger partial charge is 0.463 e. The first kappa shape index (κ1) is 25.0. The Morgan fingerprint density at radius 3 is 2.17 bits per heavy atom. The number of esters is 2. The van der Waals surface area contributed by atoms with E-state index in [2.05, 4.69) is 15.3 Å². The fourth-order valence-electron chi connectivity index (χ4n) is 4.37. The predicted molar refractivity (Wildman–Crippen MR) is 138 cm³/mol. The average molecular weight is 486 g/mol. The second kappa shape index (κ2) is 11.1. The highest BCUT2D eigenvalue weighted by Gasteiger charge is 2.39. The number of dihydropyridines is 1. The number of rotatable bonds is 8. The van der Waals surface area contributed by atoms with Crippen LogP contribution in [0, 0.1) is 6.92 Å². The van der Waals surface area contributed by atoms with Gasteiger partial charge in [0.1, 0.15) is 5.82 Å². The highest BCUT2D eigenvalue weighted by atomic mass is 16.5. The van der Waals surface area contributed by atoms with Crippen LogP contribution in [0.4, 0.5) is 0 Å². The molecule has 3 aromatic rings. The Kier molecular flexibility index (Phi) is 7.68. The molecule has 0 spiro atoms. The van der Waals surface area contributed by atoms with Gasteiger partial charge in [0.15, 0.2) is 0 Å². The maximum absolute atomic E-state index is 13.4. The summed E-state index contributed by atoms with van der Waals surface area (Å²) in [6, 6.07) is 17.8. The third-order valence-electron chi connectivity index (χ3n) is 6.17. The lowest BCUT2D eigenvalue weighted by atomic mass is 9.83. The van der Waals surface area contributed by atoms with Crippen LogP contribution in [0.3, 0.4) is 0 Å². The summed E-state index contributed by atoms with van der Waals surface area (Å²) in [4.78, 5) is 34.3. The molecule has 2 N–H and O–H groups in total. The van der Waals surface area contributed by atoms with E-state index in [-0.39, 0.29) is 13.2 Å². The zero-order valence-electron chi connectivity index (χ0n) is 21.1. The molecule has 2 aromatic carbocycles. The zero-order valence-corrected chi connectivity index (χ0v) is 21.1. The van der Waals surface area contributed by atoms with Crippen LogP contribution in [-0.4, -0.2) is 35.1 Å². The van der Waals surface area contributed by atoms with Crippen LogP contribution in [0.25, 0.3) is 11.4 Å². The number of aromatic amines is 1. The Morgan fingerprint density at radius 1 is 0.889 bits per heavy atom. The molecule has 1 aromatic heterocycles. The van der Waals surface area contributed by atoms with Crippen molar-refractivity contribution < 1.29 is 19.1 Å². The molecule has 1 aliphatic rings. The van der Waals surface area contributed by atoms with Gasteiger partial charge in [0.05, 0.1) is 30.3 Å². The van der Waals surface area contributed by atoms with E-state index in [0.717, 1.165) is 11.1 Å². The number of aromatic nitrogens is 2. The fraction of sp³-hybridized carbons (Fsp3) is 0.276. The Hall–Kier alpha value is -4.13. The first-order valence-electron chi connectivity index (χ1n) is 12.1. The molecule has 0 bridgehead atoms. The molecule has 36 heavy (non-hydrogen) atoms. The summed E-state index contributed by atoms with van der Waals surface area (Å²) < 4.78 is 11.1. The van der Waals surface area contributed by atoms with Gasteiger partial charge in [0.2, 0.25) is 0 Å². The molecule has 4 rings (SSSR count). The van der Waals surface area contributed by atoms with Gasteiger partial charge in [-0.3, -0.25) is 0 Å². The molecule has 1 unspecified atom stereocenters. The summed E-state index contributed by atoms with van der Waals surface area (Å²) in [5.41, 5.74) is 5.75. The van der Waals surface area contributed by atoms with Crippen molar-refractivity contribution in [3.63, 3.8) is 0 Å². The van der Waals surface area contributed by atoms with E-state index in [0.29, 0.717) is 40.5 Å². The minimum atomic E-state index is -0.706. The maximum atomic E-state index is 13.4. The van der Waals surface area contributed by atoms with Crippen molar-refractivity contribution in [2.45, 2.75) is 40.0 Å². The third-order valence-corrected chi connectivity index (χ3v) is 6.17. The SMILES string of the molecule is CCOC(=O)C1=C(C)NC(C)=C(C(=O)OCCc2ccc(C)cc2)C1c1cnc(-c2ccccc2)[nH]1. The first-order valence-corrected chi connectivity index (χ1v) is 12.1. The van der Waals surface area contributed by atoms with E-state index < -0.39 is 17.9 Å². The van der Waals surface area contributed by atoms with Crippen LogP contribution in [0.2, 0.25) is 0 Å². The van der Waals surface area contributed by atoms with Gasteiger partial charge in [0.25, 0.3) is 0 Å². The molecule has 0 aliphatic carbocycles. The maximum Gasteiger partial charge on any atom is 0.336 e. The van der Waals surface area contributed by atoms with E-state index >= 15 is 0 Å². The molecule has 0 radical (unpaired) electrons. The van der Waals surface area contributed by atoms with Gasteiger partial charge < -0.3 is 19.8 Å². The lowest BCUT2D eigenvalue weighted by Gasteiger charge is -2.29. The standard InChI is InChI=1S/C29H31N3O4/c1-5-35-28(33)24-19(3)31-20(4)25(29(34)36-16-15-21-13-11-18(2)12-14-21)26(24)23-17-30-27(32-23)22-9-7-6-8-10-22/h6-14,17,26,31H,5,15-16H2,1-4H3,(H,30,32). The highest BCUT2D eigenvalue weighted by molar-refractivity contribution is 5.99. The summed E-state index contributed by atoms with van der Waals surface area (Å²) in [6.07, 6.45) is 2.26. The lowest BCUT2D eigenvalue weighted by molar-refractivity contribution is -0.139. The minimum absolute atomic E-state index is 0.222. The second-order valence-corrected chi connectivity index (χ2v) is 8.78. The lowest BCUT2D eigenvalue weighted by Crippen LogP contribution is -2.33. The third kappa shape index (κ3) is 5.40. The summed E-state index contributed by atoms with van der Waals surface area (Å²) in [6.45, 7) is 7.84. The number of ether oxygens (including phenoxy) is 2. The monoisotopic (exact) mass is 485 g/mol. The van der Waals surface area contributed by atoms with Gasteiger partial charge in [-0.25, -0.2) is 14.6 Å². The number of allylic oxidation sites excluding steroid dienone is 2. The Labute approximate surface area is 211 Å². The Morgan fingerprint density at radius 2 is 1.53 bits per heavy atom. The van der Waals surface area contributed by atoms with E-state index in [1.54, 1.807) is 20.0 Å². The molecule has 2 heterocycles. The summed E-state index contributed by atoms with van der Waals surface area (Å²) in [5.74, 6) is -1.03. The molecule has 0 saturated heterocycles. The number of aryl methyl sites for hydroxylation is 1. The van der Waals surface area contributed by atoms with Crippen LogP contribution in [-0.2, 0) is 25.5 Å². The summed E-state index contributed by atoms with van der Waals surface area (Å²) >= 11 is 0. The number of hydrogen-bond acceptors (Lipinski definition) is 6.